The van der Waals surface area contributed by atoms with Crippen LogP contribution in [0.3, 0.4) is 0 Å². The van der Waals surface area contributed by atoms with E-state index < -0.39 is 15.8 Å². The van der Waals surface area contributed by atoms with Gasteiger partial charge in [0.1, 0.15) is 5.82 Å². The third-order valence-corrected chi connectivity index (χ3v) is 6.27. The van der Waals surface area contributed by atoms with Gasteiger partial charge in [0.05, 0.1) is 4.90 Å². The van der Waals surface area contributed by atoms with Crippen LogP contribution in [-0.2, 0) is 14.8 Å². The predicted octanol–water partition coefficient (Wildman–Crippen LogP) is 3.40. The van der Waals surface area contributed by atoms with Crippen LogP contribution in [-0.4, -0.2) is 31.7 Å². The summed E-state index contributed by atoms with van der Waals surface area (Å²) in [5, 5.41) is 2.87. The average Bonchev–Trinajstić information content (AvgIpc) is 2.61. The fraction of sp³-hybridized carbons (Fsp3) is 0.250. The van der Waals surface area contributed by atoms with Gasteiger partial charge in [-0.05, 0) is 67.8 Å². The van der Waals surface area contributed by atoms with Gasteiger partial charge in [-0.15, -0.1) is 0 Å². The maximum Gasteiger partial charge on any atom is 0.251 e. The van der Waals surface area contributed by atoms with Crippen molar-refractivity contribution in [3.63, 3.8) is 0 Å². The Kier molecular flexibility index (Phi) is 5.43. The number of hydrogen-bond donors (Lipinski definition) is 1. The third kappa shape index (κ3) is 4.43. The molecule has 1 amide bonds. The molecule has 1 aliphatic rings. The summed E-state index contributed by atoms with van der Waals surface area (Å²) >= 11 is 0. The molecule has 0 fully saturated rings. The molecule has 0 aliphatic carbocycles. The lowest BCUT2D eigenvalue weighted by Gasteiger charge is -2.25. The molecular weight excluding hydrogens is 367 g/mol. The largest absolute Gasteiger partial charge is 0.322 e. The molecule has 0 atom stereocenters. The van der Waals surface area contributed by atoms with E-state index in [1.54, 1.807) is 6.08 Å². The highest BCUT2D eigenvalue weighted by atomic mass is 32.2. The summed E-state index contributed by atoms with van der Waals surface area (Å²) in [7, 11) is -3.71. The summed E-state index contributed by atoms with van der Waals surface area (Å²) < 4.78 is 39.5. The molecular formula is C20H21FN2O3S. The van der Waals surface area contributed by atoms with Gasteiger partial charge < -0.3 is 5.32 Å². The molecule has 0 spiro atoms. The van der Waals surface area contributed by atoms with Gasteiger partial charge >= 0.3 is 0 Å². The fourth-order valence-corrected chi connectivity index (χ4v) is 4.47. The molecule has 0 saturated carbocycles. The first kappa shape index (κ1) is 19.3. The summed E-state index contributed by atoms with van der Waals surface area (Å²) in [6.45, 7) is 4.22. The van der Waals surface area contributed by atoms with E-state index >= 15 is 0 Å². The quantitative estimate of drug-likeness (QED) is 0.873. The van der Waals surface area contributed by atoms with Gasteiger partial charge in [-0.2, -0.15) is 4.31 Å². The Hall–Kier alpha value is -2.51. The summed E-state index contributed by atoms with van der Waals surface area (Å²) in [6, 6.07) is 10.5. The number of amides is 1. The molecule has 0 bridgehead atoms. The van der Waals surface area contributed by atoms with Crippen molar-refractivity contribution in [1.29, 1.82) is 0 Å². The first-order chi connectivity index (χ1) is 12.8. The van der Waals surface area contributed by atoms with Gasteiger partial charge in [0.25, 0.3) is 5.91 Å². The maximum absolute atomic E-state index is 13.0. The highest BCUT2D eigenvalue weighted by molar-refractivity contribution is 7.89. The normalized spacial score (nSPS) is 15.3. The van der Waals surface area contributed by atoms with Crippen molar-refractivity contribution >= 4 is 21.6 Å². The summed E-state index contributed by atoms with van der Waals surface area (Å²) in [4.78, 5) is 12.5. The Morgan fingerprint density at radius 3 is 2.26 bits per heavy atom. The van der Waals surface area contributed by atoms with E-state index in [0.29, 0.717) is 12.0 Å². The number of hydrogen-bond acceptors (Lipinski definition) is 3. The Labute approximate surface area is 158 Å². The number of aryl methyl sites for hydroxylation is 2. The molecule has 1 N–H and O–H groups in total. The lowest BCUT2D eigenvalue weighted by Crippen LogP contribution is -2.36. The SMILES string of the molecule is Cc1cc(C)cc(NC(=O)C2=CCN(S(=O)(=O)c3ccc(F)cc3)CC2)c1. The smallest absolute Gasteiger partial charge is 0.251 e. The topological polar surface area (TPSA) is 66.5 Å². The molecule has 0 radical (unpaired) electrons. The summed E-state index contributed by atoms with van der Waals surface area (Å²) in [6.07, 6.45) is 1.94. The van der Waals surface area contributed by atoms with Crippen molar-refractivity contribution in [2.24, 2.45) is 0 Å². The number of halogens is 1. The molecule has 7 heteroatoms. The van der Waals surface area contributed by atoms with Gasteiger partial charge in [0, 0.05) is 24.4 Å². The number of nitrogens with one attached hydrogen (secondary N) is 1. The molecule has 2 aromatic carbocycles. The van der Waals surface area contributed by atoms with Crippen LogP contribution >= 0.6 is 0 Å². The van der Waals surface area contributed by atoms with Crippen LogP contribution in [0.2, 0.25) is 0 Å². The number of nitrogens with zero attached hydrogens (tertiary/aromatic N) is 1. The number of anilines is 1. The van der Waals surface area contributed by atoms with Crippen LogP contribution in [0.5, 0.6) is 0 Å². The molecule has 1 heterocycles. The summed E-state index contributed by atoms with van der Waals surface area (Å²) in [5.41, 5.74) is 3.39. The van der Waals surface area contributed by atoms with Crippen LogP contribution in [0, 0.1) is 19.7 Å². The highest BCUT2D eigenvalue weighted by Crippen LogP contribution is 2.22. The second-order valence-corrected chi connectivity index (χ2v) is 8.56. The molecule has 0 aromatic heterocycles. The van der Waals surface area contributed by atoms with Gasteiger partial charge in [-0.1, -0.05) is 12.1 Å². The zero-order valence-electron chi connectivity index (χ0n) is 15.2. The highest BCUT2D eigenvalue weighted by Gasteiger charge is 2.27. The van der Waals surface area contributed by atoms with Crippen molar-refractivity contribution in [2.45, 2.75) is 25.2 Å². The van der Waals surface area contributed by atoms with Crippen molar-refractivity contribution in [3.8, 4) is 0 Å². The van der Waals surface area contributed by atoms with Crippen LogP contribution in [0.4, 0.5) is 10.1 Å². The fourth-order valence-electron chi connectivity index (χ4n) is 3.09. The molecule has 27 heavy (non-hydrogen) atoms. The number of sulfonamides is 1. The van der Waals surface area contributed by atoms with E-state index in [2.05, 4.69) is 5.32 Å². The van der Waals surface area contributed by atoms with E-state index in [4.69, 9.17) is 0 Å². The van der Waals surface area contributed by atoms with E-state index in [1.165, 1.54) is 16.4 Å². The molecule has 0 unspecified atom stereocenters. The Morgan fingerprint density at radius 2 is 1.70 bits per heavy atom. The average molecular weight is 388 g/mol. The second-order valence-electron chi connectivity index (χ2n) is 6.63. The number of rotatable bonds is 4. The molecule has 3 rings (SSSR count). The van der Waals surface area contributed by atoms with Gasteiger partial charge in [-0.25, -0.2) is 12.8 Å². The number of carbonyl (C=O) groups excluding carboxylic acids is 1. The Morgan fingerprint density at radius 1 is 1.07 bits per heavy atom. The summed E-state index contributed by atoms with van der Waals surface area (Å²) in [5.74, 6) is -0.711. The van der Waals surface area contributed by atoms with Crippen molar-refractivity contribution in [2.75, 3.05) is 18.4 Å². The van der Waals surface area contributed by atoms with E-state index in [0.717, 1.165) is 28.9 Å². The zero-order valence-corrected chi connectivity index (χ0v) is 16.0. The Balaban J connectivity index is 1.70. The first-order valence-corrected chi connectivity index (χ1v) is 10.0. The van der Waals surface area contributed by atoms with Crippen LogP contribution in [0.25, 0.3) is 0 Å². The molecule has 1 aliphatic heterocycles. The van der Waals surface area contributed by atoms with Gasteiger partial charge in [0.15, 0.2) is 0 Å². The first-order valence-electron chi connectivity index (χ1n) is 8.60. The molecule has 2 aromatic rings. The monoisotopic (exact) mass is 388 g/mol. The zero-order chi connectivity index (χ0) is 19.6. The van der Waals surface area contributed by atoms with Crippen LogP contribution in [0.1, 0.15) is 17.5 Å². The van der Waals surface area contributed by atoms with Gasteiger partial charge in [-0.3, -0.25) is 4.79 Å². The second kappa shape index (κ2) is 7.62. The van der Waals surface area contributed by atoms with E-state index in [1.807, 2.05) is 32.0 Å². The third-order valence-electron chi connectivity index (χ3n) is 4.39. The van der Waals surface area contributed by atoms with Crippen molar-refractivity contribution in [1.82, 2.24) is 4.31 Å². The Bertz CT molecular complexity index is 978. The molecule has 142 valence electrons. The molecule has 5 nitrogen and oxygen atoms in total. The number of carbonyl (C=O) groups is 1. The van der Waals surface area contributed by atoms with E-state index in [-0.39, 0.29) is 23.9 Å². The lowest BCUT2D eigenvalue weighted by molar-refractivity contribution is -0.113. The predicted molar refractivity (Wildman–Crippen MR) is 102 cm³/mol. The van der Waals surface area contributed by atoms with Crippen LogP contribution < -0.4 is 5.32 Å². The molecule has 0 saturated heterocycles. The standard InChI is InChI=1S/C20H21FN2O3S/c1-14-11-15(2)13-18(12-14)22-20(24)16-7-9-23(10-8-16)27(25,26)19-5-3-17(21)4-6-19/h3-7,11-13H,8-10H2,1-2H3,(H,22,24). The van der Waals surface area contributed by atoms with Crippen molar-refractivity contribution < 1.29 is 17.6 Å². The number of benzene rings is 2. The minimum atomic E-state index is -3.71. The maximum atomic E-state index is 13.0. The van der Waals surface area contributed by atoms with E-state index in [9.17, 15) is 17.6 Å². The minimum absolute atomic E-state index is 0.0421. The minimum Gasteiger partial charge on any atom is -0.322 e. The van der Waals surface area contributed by atoms with Gasteiger partial charge in [0.2, 0.25) is 10.0 Å². The van der Waals surface area contributed by atoms with Crippen LogP contribution in [0.15, 0.2) is 59.0 Å². The lowest BCUT2D eigenvalue weighted by atomic mass is 10.1. The van der Waals surface area contributed by atoms with Crippen molar-refractivity contribution in [3.05, 3.63) is 71.1 Å².